The van der Waals surface area contributed by atoms with Gasteiger partial charge in [0.15, 0.2) is 0 Å². The highest BCUT2D eigenvalue weighted by Gasteiger charge is 2.26. The van der Waals surface area contributed by atoms with Crippen LogP contribution in [0.15, 0.2) is 85.1 Å². The van der Waals surface area contributed by atoms with Gasteiger partial charge in [-0.25, -0.2) is 4.39 Å². The second-order valence-corrected chi connectivity index (χ2v) is 8.52. The van der Waals surface area contributed by atoms with Crippen LogP contribution in [0.25, 0.3) is 10.9 Å². The predicted octanol–water partition coefficient (Wildman–Crippen LogP) is 5.21. The first kappa shape index (κ1) is 21.4. The molecule has 0 N–H and O–H groups in total. The summed E-state index contributed by atoms with van der Waals surface area (Å²) in [6, 6.07) is 25.2. The molecular weight excluding hydrogens is 415 g/mol. The van der Waals surface area contributed by atoms with Gasteiger partial charge in [0.2, 0.25) is 5.91 Å². The van der Waals surface area contributed by atoms with Crippen molar-refractivity contribution in [2.24, 2.45) is 0 Å². The van der Waals surface area contributed by atoms with E-state index in [1.54, 1.807) is 0 Å². The summed E-state index contributed by atoms with van der Waals surface area (Å²) in [5.74, 6) is -0.133. The van der Waals surface area contributed by atoms with Crippen molar-refractivity contribution in [3.63, 3.8) is 0 Å². The Morgan fingerprint density at radius 1 is 0.909 bits per heavy atom. The van der Waals surface area contributed by atoms with E-state index in [0.29, 0.717) is 39.3 Å². The Morgan fingerprint density at radius 2 is 1.61 bits per heavy atom. The lowest BCUT2D eigenvalue weighted by atomic mass is 9.88. The third-order valence-electron chi connectivity index (χ3n) is 6.41. The normalized spacial score (nSPS) is 15.0. The van der Waals surface area contributed by atoms with Crippen LogP contribution in [0.2, 0.25) is 0 Å². The van der Waals surface area contributed by atoms with E-state index in [0.717, 1.165) is 27.6 Å². The molecule has 1 fully saturated rings. The minimum absolute atomic E-state index is 0.0547. The first-order valence-corrected chi connectivity index (χ1v) is 11.4. The number of hydrogen-bond acceptors (Lipinski definition) is 2. The highest BCUT2D eigenvalue weighted by Crippen LogP contribution is 2.35. The standard InChI is InChI=1S/C28H27FN2O2/c29-23-12-10-21(11-13-23)19-31-20-26(24-8-4-5-9-27(24)31)25(22-6-2-1-3-7-22)18-28(32)30-14-16-33-17-15-30/h1-13,20,25H,14-19H2. The second-order valence-electron chi connectivity index (χ2n) is 8.52. The van der Waals surface area contributed by atoms with Gasteiger partial charge in [0.05, 0.1) is 13.2 Å². The zero-order chi connectivity index (χ0) is 22.6. The largest absolute Gasteiger partial charge is 0.378 e. The van der Waals surface area contributed by atoms with E-state index in [4.69, 9.17) is 4.74 Å². The Balaban J connectivity index is 1.54. The first-order chi connectivity index (χ1) is 16.2. The van der Waals surface area contributed by atoms with Crippen molar-refractivity contribution in [2.45, 2.75) is 18.9 Å². The Kier molecular flexibility index (Phi) is 6.22. The molecule has 1 aliphatic rings. The lowest BCUT2D eigenvalue weighted by Gasteiger charge is -2.28. The van der Waals surface area contributed by atoms with Gasteiger partial charge in [-0.1, -0.05) is 60.7 Å². The molecule has 0 spiro atoms. The van der Waals surface area contributed by atoms with Gasteiger partial charge >= 0.3 is 0 Å². The van der Waals surface area contributed by atoms with E-state index in [2.05, 4.69) is 35.0 Å². The summed E-state index contributed by atoms with van der Waals surface area (Å²) in [5.41, 5.74) is 4.41. The highest BCUT2D eigenvalue weighted by atomic mass is 19.1. The Hall–Kier alpha value is -3.44. The van der Waals surface area contributed by atoms with E-state index in [1.807, 2.05) is 47.4 Å². The number of hydrogen-bond donors (Lipinski definition) is 0. The third-order valence-corrected chi connectivity index (χ3v) is 6.41. The second kappa shape index (κ2) is 9.59. The molecule has 5 heteroatoms. The number of rotatable bonds is 6. The van der Waals surface area contributed by atoms with Crippen LogP contribution in [0, 0.1) is 5.82 Å². The molecule has 1 saturated heterocycles. The molecule has 1 aromatic heterocycles. The SMILES string of the molecule is O=C(CC(c1ccccc1)c1cn(Cc2ccc(F)cc2)c2ccccc12)N1CCOCC1. The van der Waals surface area contributed by atoms with Crippen molar-refractivity contribution >= 4 is 16.8 Å². The van der Waals surface area contributed by atoms with E-state index in [-0.39, 0.29) is 17.6 Å². The molecule has 1 atom stereocenters. The van der Waals surface area contributed by atoms with Gasteiger partial charge in [0, 0.05) is 49.1 Å². The van der Waals surface area contributed by atoms with Crippen LogP contribution in [0.5, 0.6) is 0 Å². The van der Waals surface area contributed by atoms with Crippen LogP contribution < -0.4 is 0 Å². The molecule has 4 nitrogen and oxygen atoms in total. The van der Waals surface area contributed by atoms with Crippen LogP contribution in [0.1, 0.15) is 29.0 Å². The summed E-state index contributed by atoms with van der Waals surface area (Å²) < 4.78 is 21.0. The van der Waals surface area contributed by atoms with Gasteiger partial charge in [0.1, 0.15) is 5.82 Å². The number of benzene rings is 3. The summed E-state index contributed by atoms with van der Waals surface area (Å²) >= 11 is 0. The van der Waals surface area contributed by atoms with E-state index in [9.17, 15) is 9.18 Å². The number of fused-ring (bicyclic) bond motifs is 1. The number of amides is 1. The van der Waals surface area contributed by atoms with Crippen molar-refractivity contribution in [3.8, 4) is 0 Å². The smallest absolute Gasteiger partial charge is 0.223 e. The molecule has 33 heavy (non-hydrogen) atoms. The Morgan fingerprint density at radius 3 is 2.36 bits per heavy atom. The van der Waals surface area contributed by atoms with E-state index in [1.165, 1.54) is 12.1 Å². The van der Waals surface area contributed by atoms with Gasteiger partial charge in [-0.2, -0.15) is 0 Å². The zero-order valence-corrected chi connectivity index (χ0v) is 18.5. The summed E-state index contributed by atoms with van der Waals surface area (Å²) in [4.78, 5) is 15.2. The van der Waals surface area contributed by atoms with Crippen LogP contribution in [0.4, 0.5) is 4.39 Å². The van der Waals surface area contributed by atoms with Gasteiger partial charge in [0.25, 0.3) is 0 Å². The molecule has 5 rings (SSSR count). The minimum Gasteiger partial charge on any atom is -0.378 e. The molecule has 168 valence electrons. The highest BCUT2D eigenvalue weighted by molar-refractivity contribution is 5.87. The molecular formula is C28H27FN2O2. The fourth-order valence-corrected chi connectivity index (χ4v) is 4.68. The summed E-state index contributed by atoms with van der Waals surface area (Å²) in [6.45, 7) is 3.12. The monoisotopic (exact) mass is 442 g/mol. The summed E-state index contributed by atoms with van der Waals surface area (Å²) in [5, 5.41) is 1.14. The Bertz CT molecular complexity index is 1230. The minimum atomic E-state index is -0.234. The number of ether oxygens (including phenoxy) is 1. The van der Waals surface area contributed by atoms with Crippen molar-refractivity contribution < 1.29 is 13.9 Å². The number of morpholine rings is 1. The summed E-state index contributed by atoms with van der Waals surface area (Å²) in [6.07, 6.45) is 2.58. The first-order valence-electron chi connectivity index (χ1n) is 11.4. The van der Waals surface area contributed by atoms with Crippen LogP contribution in [-0.2, 0) is 16.1 Å². The molecule has 0 bridgehead atoms. The van der Waals surface area contributed by atoms with Crippen molar-refractivity contribution in [2.75, 3.05) is 26.3 Å². The van der Waals surface area contributed by atoms with Gasteiger partial charge in [-0.15, -0.1) is 0 Å². The molecule has 0 radical (unpaired) electrons. The number of para-hydroxylation sites is 1. The number of aromatic nitrogens is 1. The molecule has 0 saturated carbocycles. The zero-order valence-electron chi connectivity index (χ0n) is 18.5. The quantitative estimate of drug-likeness (QED) is 0.411. The molecule has 1 aliphatic heterocycles. The molecule has 1 amide bonds. The summed E-state index contributed by atoms with van der Waals surface area (Å²) in [7, 11) is 0. The lowest BCUT2D eigenvalue weighted by Crippen LogP contribution is -2.41. The van der Waals surface area contributed by atoms with Crippen molar-refractivity contribution in [1.82, 2.24) is 9.47 Å². The van der Waals surface area contributed by atoms with E-state index < -0.39 is 0 Å². The van der Waals surface area contributed by atoms with E-state index >= 15 is 0 Å². The third kappa shape index (κ3) is 4.69. The van der Waals surface area contributed by atoms with Gasteiger partial charge < -0.3 is 14.2 Å². The Labute approximate surface area is 193 Å². The maximum Gasteiger partial charge on any atom is 0.223 e. The number of halogens is 1. The maximum absolute atomic E-state index is 13.4. The molecule has 1 unspecified atom stereocenters. The fraction of sp³-hybridized carbons (Fsp3) is 0.250. The van der Waals surface area contributed by atoms with Crippen LogP contribution >= 0.6 is 0 Å². The molecule has 4 aromatic rings. The molecule has 2 heterocycles. The predicted molar refractivity (Wildman–Crippen MR) is 128 cm³/mol. The fourth-order valence-electron chi connectivity index (χ4n) is 4.68. The van der Waals surface area contributed by atoms with Crippen LogP contribution in [0.3, 0.4) is 0 Å². The van der Waals surface area contributed by atoms with Crippen molar-refractivity contribution in [1.29, 1.82) is 0 Å². The van der Waals surface area contributed by atoms with Gasteiger partial charge in [-0.05, 0) is 34.9 Å². The number of carbonyl (C=O) groups excluding carboxylic acids is 1. The number of nitrogens with zero attached hydrogens (tertiary/aromatic N) is 2. The van der Waals surface area contributed by atoms with Gasteiger partial charge in [-0.3, -0.25) is 4.79 Å². The number of carbonyl (C=O) groups is 1. The average molecular weight is 443 g/mol. The molecule has 0 aliphatic carbocycles. The average Bonchev–Trinajstić information content (AvgIpc) is 3.23. The molecule has 3 aromatic carbocycles. The van der Waals surface area contributed by atoms with Crippen LogP contribution in [-0.4, -0.2) is 41.7 Å². The lowest BCUT2D eigenvalue weighted by molar-refractivity contribution is -0.135. The maximum atomic E-state index is 13.4. The van der Waals surface area contributed by atoms with Crippen molar-refractivity contribution in [3.05, 3.63) is 108 Å². The topological polar surface area (TPSA) is 34.5 Å².